The number of rotatable bonds is 8. The molecule has 0 aliphatic heterocycles. The van der Waals surface area contributed by atoms with Crippen molar-refractivity contribution in [1.82, 2.24) is 10.2 Å². The summed E-state index contributed by atoms with van der Waals surface area (Å²) in [7, 11) is 1.95. The number of ether oxygens (including phenoxy) is 1. The number of nitrogens with zero attached hydrogens (tertiary/aromatic N) is 1. The number of nitrogens with one attached hydrogen (secondary N) is 1. The summed E-state index contributed by atoms with van der Waals surface area (Å²) in [6, 6.07) is 16.2. The second kappa shape index (κ2) is 9.08. The lowest BCUT2D eigenvalue weighted by Crippen LogP contribution is -2.34. The van der Waals surface area contributed by atoms with Crippen LogP contribution in [0, 0.1) is 6.92 Å². The zero-order valence-electron chi connectivity index (χ0n) is 14.7. The molecule has 0 saturated heterocycles. The van der Waals surface area contributed by atoms with E-state index >= 15 is 0 Å². The molecule has 2 rings (SSSR count). The van der Waals surface area contributed by atoms with E-state index in [0.717, 1.165) is 23.4 Å². The number of carbonyl (C=O) groups is 1. The van der Waals surface area contributed by atoms with Crippen LogP contribution < -0.4 is 10.1 Å². The third kappa shape index (κ3) is 6.05. The van der Waals surface area contributed by atoms with Gasteiger partial charge >= 0.3 is 0 Å². The molecule has 0 fully saturated rings. The van der Waals surface area contributed by atoms with E-state index < -0.39 is 0 Å². The van der Waals surface area contributed by atoms with E-state index in [2.05, 4.69) is 24.4 Å². The predicted molar refractivity (Wildman–Crippen MR) is 97.0 cm³/mol. The van der Waals surface area contributed by atoms with Gasteiger partial charge in [0.2, 0.25) is 5.91 Å². The predicted octanol–water partition coefficient (Wildman–Crippen LogP) is 3.14. The molecular formula is C20H26N2O2. The molecule has 0 aromatic heterocycles. The van der Waals surface area contributed by atoms with Gasteiger partial charge in [0.25, 0.3) is 0 Å². The van der Waals surface area contributed by atoms with E-state index in [0.29, 0.717) is 19.7 Å². The minimum Gasteiger partial charge on any atom is -0.494 e. The molecule has 128 valence electrons. The number of benzene rings is 2. The molecule has 2 aromatic carbocycles. The van der Waals surface area contributed by atoms with Crippen LogP contribution in [0.25, 0.3) is 0 Å². The van der Waals surface area contributed by atoms with Crippen LogP contribution in [-0.2, 0) is 17.9 Å². The van der Waals surface area contributed by atoms with Crippen LogP contribution in [0.15, 0.2) is 48.5 Å². The molecule has 0 heterocycles. The number of hydrogen-bond donors (Lipinski definition) is 1. The highest BCUT2D eigenvalue weighted by atomic mass is 16.5. The van der Waals surface area contributed by atoms with Crippen LogP contribution in [0.4, 0.5) is 0 Å². The van der Waals surface area contributed by atoms with E-state index in [1.807, 2.05) is 55.3 Å². The van der Waals surface area contributed by atoms with Gasteiger partial charge < -0.3 is 10.1 Å². The summed E-state index contributed by atoms with van der Waals surface area (Å²) < 4.78 is 5.43. The quantitative estimate of drug-likeness (QED) is 0.810. The van der Waals surface area contributed by atoms with Gasteiger partial charge in [-0.25, -0.2) is 0 Å². The maximum Gasteiger partial charge on any atom is 0.234 e. The Balaban J connectivity index is 1.75. The lowest BCUT2D eigenvalue weighted by molar-refractivity contribution is -0.122. The molecule has 0 saturated carbocycles. The fraction of sp³-hybridized carbons (Fsp3) is 0.350. The van der Waals surface area contributed by atoms with Crippen LogP contribution in [0.3, 0.4) is 0 Å². The lowest BCUT2D eigenvalue weighted by atomic mass is 10.1. The number of hydrogen-bond acceptors (Lipinski definition) is 3. The van der Waals surface area contributed by atoms with Crippen molar-refractivity contribution >= 4 is 5.91 Å². The van der Waals surface area contributed by atoms with E-state index in [1.165, 1.54) is 5.56 Å². The van der Waals surface area contributed by atoms with E-state index in [9.17, 15) is 4.79 Å². The van der Waals surface area contributed by atoms with E-state index in [1.54, 1.807) is 0 Å². The monoisotopic (exact) mass is 326 g/mol. The first kappa shape index (κ1) is 18.0. The zero-order valence-corrected chi connectivity index (χ0v) is 14.7. The molecule has 4 nitrogen and oxygen atoms in total. The van der Waals surface area contributed by atoms with Gasteiger partial charge in [-0.2, -0.15) is 0 Å². The fourth-order valence-electron chi connectivity index (χ4n) is 2.43. The minimum atomic E-state index is 0.0315. The van der Waals surface area contributed by atoms with Crippen molar-refractivity contribution in [3.05, 3.63) is 65.2 Å². The normalized spacial score (nSPS) is 10.7. The maximum absolute atomic E-state index is 12.1. The number of carbonyl (C=O) groups excluding carboxylic acids is 1. The minimum absolute atomic E-state index is 0.0315. The third-order valence-electron chi connectivity index (χ3n) is 3.71. The number of amides is 1. The van der Waals surface area contributed by atoms with E-state index in [4.69, 9.17) is 4.74 Å². The van der Waals surface area contributed by atoms with Crippen LogP contribution >= 0.6 is 0 Å². The Morgan fingerprint density at radius 3 is 2.29 bits per heavy atom. The molecule has 0 unspecified atom stereocenters. The zero-order chi connectivity index (χ0) is 17.4. The summed E-state index contributed by atoms with van der Waals surface area (Å²) in [6.07, 6.45) is 0. The van der Waals surface area contributed by atoms with Gasteiger partial charge in [0.1, 0.15) is 5.75 Å². The molecule has 1 amide bonds. The van der Waals surface area contributed by atoms with Crippen molar-refractivity contribution in [2.24, 2.45) is 0 Å². The average Bonchev–Trinajstić information content (AvgIpc) is 2.56. The first-order valence-electron chi connectivity index (χ1n) is 8.29. The Morgan fingerprint density at radius 1 is 1.04 bits per heavy atom. The molecule has 1 N–H and O–H groups in total. The van der Waals surface area contributed by atoms with Crippen LogP contribution in [0.1, 0.15) is 23.6 Å². The summed E-state index contributed by atoms with van der Waals surface area (Å²) in [4.78, 5) is 14.1. The lowest BCUT2D eigenvalue weighted by Gasteiger charge is -2.16. The van der Waals surface area contributed by atoms with Crippen molar-refractivity contribution in [2.45, 2.75) is 26.9 Å². The van der Waals surface area contributed by atoms with Crippen molar-refractivity contribution in [3.63, 3.8) is 0 Å². The largest absolute Gasteiger partial charge is 0.494 e. The highest BCUT2D eigenvalue weighted by Crippen LogP contribution is 2.13. The SMILES string of the molecule is CCOc1ccc(CN(C)CC(=O)NCc2ccc(C)cc2)cc1. The Labute approximate surface area is 144 Å². The molecule has 4 heteroatoms. The molecular weight excluding hydrogens is 300 g/mol. The Hall–Kier alpha value is -2.33. The molecule has 2 aromatic rings. The highest BCUT2D eigenvalue weighted by Gasteiger charge is 2.07. The molecule has 0 radical (unpaired) electrons. The van der Waals surface area contributed by atoms with Crippen molar-refractivity contribution < 1.29 is 9.53 Å². The van der Waals surface area contributed by atoms with Gasteiger partial charge in [0.15, 0.2) is 0 Å². The van der Waals surface area contributed by atoms with Gasteiger partial charge in [0, 0.05) is 13.1 Å². The molecule has 0 bridgehead atoms. The van der Waals surface area contributed by atoms with Gasteiger partial charge in [-0.1, -0.05) is 42.0 Å². The maximum atomic E-state index is 12.1. The van der Waals surface area contributed by atoms with Crippen molar-refractivity contribution in [2.75, 3.05) is 20.2 Å². The molecule has 24 heavy (non-hydrogen) atoms. The smallest absolute Gasteiger partial charge is 0.234 e. The molecule has 0 spiro atoms. The second-order valence-corrected chi connectivity index (χ2v) is 6.01. The third-order valence-corrected chi connectivity index (χ3v) is 3.71. The number of aryl methyl sites for hydroxylation is 1. The summed E-state index contributed by atoms with van der Waals surface area (Å²) in [5.41, 5.74) is 3.50. The van der Waals surface area contributed by atoms with Crippen molar-refractivity contribution in [3.8, 4) is 5.75 Å². The molecule has 0 aliphatic rings. The van der Waals surface area contributed by atoms with Gasteiger partial charge in [0.05, 0.1) is 13.2 Å². The van der Waals surface area contributed by atoms with Crippen LogP contribution in [0.5, 0.6) is 5.75 Å². The summed E-state index contributed by atoms with van der Waals surface area (Å²) in [5, 5.41) is 2.96. The molecule has 0 atom stereocenters. The van der Waals surface area contributed by atoms with Gasteiger partial charge in [-0.3, -0.25) is 9.69 Å². The summed E-state index contributed by atoms with van der Waals surface area (Å²) in [6.45, 7) is 6.36. The van der Waals surface area contributed by atoms with Crippen molar-refractivity contribution in [1.29, 1.82) is 0 Å². The summed E-state index contributed by atoms with van der Waals surface area (Å²) >= 11 is 0. The van der Waals surface area contributed by atoms with Gasteiger partial charge in [-0.15, -0.1) is 0 Å². The topological polar surface area (TPSA) is 41.6 Å². The first-order valence-corrected chi connectivity index (χ1v) is 8.29. The highest BCUT2D eigenvalue weighted by molar-refractivity contribution is 5.77. The first-order chi connectivity index (χ1) is 11.6. The Morgan fingerprint density at radius 2 is 1.67 bits per heavy atom. The number of likely N-dealkylation sites (N-methyl/N-ethyl adjacent to an activating group) is 1. The summed E-state index contributed by atoms with van der Waals surface area (Å²) in [5.74, 6) is 0.906. The Kier molecular flexibility index (Phi) is 6.82. The average molecular weight is 326 g/mol. The molecule has 0 aliphatic carbocycles. The van der Waals surface area contributed by atoms with Crippen LogP contribution in [0.2, 0.25) is 0 Å². The second-order valence-electron chi connectivity index (χ2n) is 6.01. The van der Waals surface area contributed by atoms with E-state index in [-0.39, 0.29) is 5.91 Å². The Bertz CT molecular complexity index is 636. The standard InChI is InChI=1S/C20H26N2O2/c1-4-24-19-11-9-18(10-12-19)14-22(3)15-20(23)21-13-17-7-5-16(2)6-8-17/h5-12H,4,13-15H2,1-3H3,(H,21,23). The van der Waals surface area contributed by atoms with Crippen LogP contribution in [-0.4, -0.2) is 31.0 Å². The van der Waals surface area contributed by atoms with Gasteiger partial charge in [-0.05, 0) is 44.2 Å². The fourth-order valence-corrected chi connectivity index (χ4v) is 2.43.